The maximum atomic E-state index is 12.3. The lowest BCUT2D eigenvalue weighted by Crippen LogP contribution is -2.31. The summed E-state index contributed by atoms with van der Waals surface area (Å²) in [4.78, 5) is 22.3. The fourth-order valence-corrected chi connectivity index (χ4v) is 3.43. The number of benzene rings is 1. The van der Waals surface area contributed by atoms with Gasteiger partial charge in [0.05, 0.1) is 6.42 Å². The van der Waals surface area contributed by atoms with Crippen molar-refractivity contribution in [1.82, 2.24) is 14.9 Å². The molecule has 1 saturated carbocycles. The van der Waals surface area contributed by atoms with Crippen LogP contribution >= 0.6 is 11.6 Å². The predicted molar refractivity (Wildman–Crippen MR) is 92.7 cm³/mol. The predicted octanol–water partition coefficient (Wildman–Crippen LogP) is 2.76. The van der Waals surface area contributed by atoms with Gasteiger partial charge in [0.15, 0.2) is 0 Å². The first kappa shape index (κ1) is 15.4. The third-order valence-electron chi connectivity index (χ3n) is 4.82. The summed E-state index contributed by atoms with van der Waals surface area (Å²) in [6, 6.07) is 9.83. The highest BCUT2D eigenvalue weighted by Crippen LogP contribution is 2.44. The molecule has 2 unspecified atom stereocenters. The number of rotatable bonds is 5. The second-order valence-electron chi connectivity index (χ2n) is 6.63. The molecule has 1 aliphatic carbocycles. The van der Waals surface area contributed by atoms with E-state index in [4.69, 9.17) is 11.6 Å². The van der Waals surface area contributed by atoms with Gasteiger partial charge in [0.25, 0.3) is 0 Å². The van der Waals surface area contributed by atoms with Crippen molar-refractivity contribution in [2.75, 3.05) is 18.4 Å². The zero-order valence-corrected chi connectivity index (χ0v) is 14.0. The van der Waals surface area contributed by atoms with Crippen LogP contribution in [0.3, 0.4) is 0 Å². The van der Waals surface area contributed by atoms with Crippen LogP contribution in [0.15, 0.2) is 36.7 Å². The number of nitrogens with zero attached hydrogens (tertiary/aromatic N) is 3. The van der Waals surface area contributed by atoms with Crippen molar-refractivity contribution >= 4 is 23.3 Å². The van der Waals surface area contributed by atoms with Gasteiger partial charge in [-0.1, -0.05) is 35.9 Å². The van der Waals surface area contributed by atoms with E-state index in [0.29, 0.717) is 23.9 Å². The number of nitrogens with one attached hydrogen (secondary N) is 1. The summed E-state index contributed by atoms with van der Waals surface area (Å²) in [6.07, 6.45) is 3.25. The van der Waals surface area contributed by atoms with Crippen LogP contribution in [-0.4, -0.2) is 33.9 Å². The first-order valence-electron chi connectivity index (χ1n) is 8.24. The first-order valence-corrected chi connectivity index (χ1v) is 8.62. The Bertz CT molecular complexity index is 739. The number of fused-ring (bicyclic) bond motifs is 1. The van der Waals surface area contributed by atoms with E-state index in [1.165, 1.54) is 12.7 Å². The molecule has 6 heteroatoms. The average molecular weight is 343 g/mol. The topological polar surface area (TPSA) is 58.1 Å². The SMILES string of the molecule is O=C(Cc1ccc(CNc2cc(Cl)ncn2)cc1)N1CC2CC2C1. The number of carbonyl (C=O) groups is 1. The van der Waals surface area contributed by atoms with Gasteiger partial charge in [-0.25, -0.2) is 9.97 Å². The lowest BCUT2D eigenvalue weighted by molar-refractivity contribution is -0.129. The van der Waals surface area contributed by atoms with Crippen LogP contribution in [0.5, 0.6) is 0 Å². The summed E-state index contributed by atoms with van der Waals surface area (Å²) in [5.74, 6) is 2.53. The Kier molecular flexibility index (Phi) is 4.10. The highest BCUT2D eigenvalue weighted by Gasteiger charge is 2.46. The molecule has 2 aromatic rings. The van der Waals surface area contributed by atoms with Gasteiger partial charge in [-0.15, -0.1) is 0 Å². The summed E-state index contributed by atoms with van der Waals surface area (Å²) in [6.45, 7) is 2.58. The smallest absolute Gasteiger partial charge is 0.227 e. The molecular formula is C18H19ClN4O. The molecule has 2 fully saturated rings. The van der Waals surface area contributed by atoms with Crippen LogP contribution in [-0.2, 0) is 17.8 Å². The maximum absolute atomic E-state index is 12.3. The highest BCUT2D eigenvalue weighted by molar-refractivity contribution is 6.29. The molecule has 1 aliphatic heterocycles. The normalized spacial score (nSPS) is 21.5. The molecule has 1 amide bonds. The second kappa shape index (κ2) is 6.40. The van der Waals surface area contributed by atoms with Crippen molar-refractivity contribution in [3.05, 3.63) is 52.9 Å². The Balaban J connectivity index is 1.30. The summed E-state index contributed by atoms with van der Waals surface area (Å²) in [5, 5.41) is 3.62. The van der Waals surface area contributed by atoms with Crippen molar-refractivity contribution in [2.24, 2.45) is 11.8 Å². The minimum absolute atomic E-state index is 0.253. The van der Waals surface area contributed by atoms with E-state index in [-0.39, 0.29) is 5.91 Å². The second-order valence-corrected chi connectivity index (χ2v) is 7.01. The summed E-state index contributed by atoms with van der Waals surface area (Å²) >= 11 is 5.83. The average Bonchev–Trinajstić information content (AvgIpc) is 3.20. The molecule has 5 nitrogen and oxygen atoms in total. The van der Waals surface area contributed by atoms with E-state index in [1.54, 1.807) is 6.07 Å². The summed E-state index contributed by atoms with van der Waals surface area (Å²) < 4.78 is 0. The van der Waals surface area contributed by atoms with Crippen molar-refractivity contribution in [3.8, 4) is 0 Å². The van der Waals surface area contributed by atoms with Gasteiger partial charge in [0, 0.05) is 25.7 Å². The number of hydrogen-bond donors (Lipinski definition) is 1. The Hall–Kier alpha value is -2.14. The molecule has 0 spiro atoms. The zero-order chi connectivity index (χ0) is 16.5. The van der Waals surface area contributed by atoms with E-state index in [0.717, 1.165) is 36.1 Å². The van der Waals surface area contributed by atoms with E-state index in [2.05, 4.69) is 15.3 Å². The Morgan fingerprint density at radius 3 is 2.58 bits per heavy atom. The molecule has 0 bridgehead atoms. The number of aromatic nitrogens is 2. The van der Waals surface area contributed by atoms with Crippen LogP contribution in [0.4, 0.5) is 5.82 Å². The number of anilines is 1. The fraction of sp³-hybridized carbons (Fsp3) is 0.389. The minimum Gasteiger partial charge on any atom is -0.366 e. The van der Waals surface area contributed by atoms with E-state index >= 15 is 0 Å². The van der Waals surface area contributed by atoms with Gasteiger partial charge in [-0.3, -0.25) is 4.79 Å². The summed E-state index contributed by atoms with van der Waals surface area (Å²) in [5.41, 5.74) is 2.19. The largest absolute Gasteiger partial charge is 0.366 e. The summed E-state index contributed by atoms with van der Waals surface area (Å²) in [7, 11) is 0. The van der Waals surface area contributed by atoms with Gasteiger partial charge in [-0.05, 0) is 29.4 Å². The quantitative estimate of drug-likeness (QED) is 0.849. The first-order chi connectivity index (χ1) is 11.7. The van der Waals surface area contributed by atoms with Crippen molar-refractivity contribution < 1.29 is 4.79 Å². The lowest BCUT2D eigenvalue weighted by atomic mass is 10.1. The van der Waals surface area contributed by atoms with Gasteiger partial charge >= 0.3 is 0 Å². The van der Waals surface area contributed by atoms with E-state index in [1.807, 2.05) is 29.2 Å². The Labute approximate surface area is 146 Å². The van der Waals surface area contributed by atoms with Gasteiger partial charge in [0.2, 0.25) is 5.91 Å². The molecule has 2 aliphatic rings. The van der Waals surface area contributed by atoms with Gasteiger partial charge in [-0.2, -0.15) is 0 Å². The molecule has 4 rings (SSSR count). The molecule has 1 aromatic carbocycles. The Morgan fingerprint density at radius 2 is 1.88 bits per heavy atom. The molecule has 1 saturated heterocycles. The third kappa shape index (κ3) is 3.51. The lowest BCUT2D eigenvalue weighted by Gasteiger charge is -2.18. The van der Waals surface area contributed by atoms with Crippen molar-refractivity contribution in [2.45, 2.75) is 19.4 Å². The number of halogens is 1. The number of amides is 1. The molecule has 2 atom stereocenters. The third-order valence-corrected chi connectivity index (χ3v) is 5.02. The molecular weight excluding hydrogens is 324 g/mol. The maximum Gasteiger partial charge on any atom is 0.227 e. The Morgan fingerprint density at radius 1 is 1.17 bits per heavy atom. The van der Waals surface area contributed by atoms with Gasteiger partial charge < -0.3 is 10.2 Å². The molecule has 124 valence electrons. The number of piperidine rings is 1. The highest BCUT2D eigenvalue weighted by atomic mass is 35.5. The van der Waals surface area contributed by atoms with Crippen LogP contribution < -0.4 is 5.32 Å². The number of hydrogen-bond acceptors (Lipinski definition) is 4. The molecule has 0 radical (unpaired) electrons. The number of likely N-dealkylation sites (tertiary alicyclic amines) is 1. The van der Waals surface area contributed by atoms with Gasteiger partial charge in [0.1, 0.15) is 17.3 Å². The molecule has 1 N–H and O–H groups in total. The van der Waals surface area contributed by atoms with E-state index in [9.17, 15) is 4.79 Å². The monoisotopic (exact) mass is 342 g/mol. The van der Waals surface area contributed by atoms with Crippen molar-refractivity contribution in [1.29, 1.82) is 0 Å². The zero-order valence-electron chi connectivity index (χ0n) is 13.3. The van der Waals surface area contributed by atoms with E-state index < -0.39 is 0 Å². The minimum atomic E-state index is 0.253. The standard InChI is InChI=1S/C18H19ClN4O/c19-16-7-17(22-11-21-16)20-8-13-3-1-12(2-4-13)5-18(24)23-9-14-6-15(14)10-23/h1-4,7,11,14-15H,5-6,8-10H2,(H,20,21,22). The van der Waals surface area contributed by atoms with Crippen LogP contribution in [0, 0.1) is 11.8 Å². The molecule has 1 aromatic heterocycles. The molecule has 2 heterocycles. The number of carbonyl (C=O) groups excluding carboxylic acids is 1. The van der Waals surface area contributed by atoms with Crippen molar-refractivity contribution in [3.63, 3.8) is 0 Å². The fourth-order valence-electron chi connectivity index (χ4n) is 3.29. The van der Waals surface area contributed by atoms with Crippen LogP contribution in [0.2, 0.25) is 5.15 Å². The molecule has 24 heavy (non-hydrogen) atoms. The van der Waals surface area contributed by atoms with Crippen LogP contribution in [0.25, 0.3) is 0 Å². The van der Waals surface area contributed by atoms with Crippen LogP contribution in [0.1, 0.15) is 17.5 Å².